The second-order valence-corrected chi connectivity index (χ2v) is 5.99. The summed E-state index contributed by atoms with van der Waals surface area (Å²) in [5, 5.41) is 13.8. The fourth-order valence-corrected chi connectivity index (χ4v) is 2.96. The fourth-order valence-electron chi connectivity index (χ4n) is 1.83. The van der Waals surface area contributed by atoms with Crippen LogP contribution in [0.1, 0.15) is 30.3 Å². The van der Waals surface area contributed by atoms with Crippen LogP contribution in [-0.4, -0.2) is 4.98 Å². The number of nitrogens with zero attached hydrogens (tertiary/aromatic N) is 2. The predicted octanol–water partition coefficient (Wildman–Crippen LogP) is 4.62. The molecule has 0 spiro atoms. The van der Waals surface area contributed by atoms with Gasteiger partial charge in [-0.05, 0) is 23.4 Å². The third-order valence-corrected chi connectivity index (χ3v) is 4.10. The van der Waals surface area contributed by atoms with E-state index in [1.54, 1.807) is 17.4 Å². The zero-order valence-corrected chi connectivity index (χ0v) is 12.6. The second-order valence-electron chi connectivity index (χ2n) is 4.65. The smallest absolute Gasteiger partial charge is 0.166 e. The zero-order chi connectivity index (χ0) is 14.7. The van der Waals surface area contributed by atoms with E-state index in [4.69, 9.17) is 16.9 Å². The number of pyridine rings is 1. The highest BCUT2D eigenvalue weighted by Crippen LogP contribution is 2.31. The minimum atomic E-state index is -0.576. The summed E-state index contributed by atoms with van der Waals surface area (Å²) in [5.74, 6) is -0.251. The molecular weight excluding hydrogens is 297 g/mol. The van der Waals surface area contributed by atoms with Crippen LogP contribution in [0.4, 0.5) is 10.2 Å². The van der Waals surface area contributed by atoms with Gasteiger partial charge in [0, 0.05) is 4.88 Å². The minimum Gasteiger partial charge on any atom is -0.360 e. The average Bonchev–Trinajstić information content (AvgIpc) is 2.92. The topological polar surface area (TPSA) is 48.7 Å². The maximum Gasteiger partial charge on any atom is 0.166 e. The Labute approximate surface area is 126 Å². The van der Waals surface area contributed by atoms with Gasteiger partial charge in [0.2, 0.25) is 0 Å². The molecule has 0 aliphatic carbocycles. The number of aromatic nitrogens is 1. The number of hydrogen-bond donors (Lipinski definition) is 1. The lowest BCUT2D eigenvalue weighted by Crippen LogP contribution is -2.17. The van der Waals surface area contributed by atoms with Crippen molar-refractivity contribution in [1.29, 1.82) is 5.26 Å². The lowest BCUT2D eigenvalue weighted by Gasteiger charge is -2.22. The van der Waals surface area contributed by atoms with Crippen molar-refractivity contribution in [2.45, 2.75) is 19.9 Å². The highest BCUT2D eigenvalue weighted by Gasteiger charge is 2.20. The van der Waals surface area contributed by atoms with Crippen LogP contribution in [0.2, 0.25) is 5.15 Å². The summed E-state index contributed by atoms with van der Waals surface area (Å²) in [6, 6.07) is 6.80. The van der Waals surface area contributed by atoms with Crippen LogP contribution in [0.15, 0.2) is 23.6 Å². The Morgan fingerprint density at radius 2 is 2.25 bits per heavy atom. The predicted molar refractivity (Wildman–Crippen MR) is 79.4 cm³/mol. The van der Waals surface area contributed by atoms with E-state index in [1.807, 2.05) is 31.4 Å². The summed E-state index contributed by atoms with van der Waals surface area (Å²) < 4.78 is 14.0. The first-order valence-corrected chi connectivity index (χ1v) is 7.34. The zero-order valence-electron chi connectivity index (χ0n) is 11.0. The van der Waals surface area contributed by atoms with Gasteiger partial charge >= 0.3 is 0 Å². The molecule has 20 heavy (non-hydrogen) atoms. The van der Waals surface area contributed by atoms with Gasteiger partial charge in [0.15, 0.2) is 11.6 Å². The monoisotopic (exact) mass is 309 g/mol. The third-order valence-electron chi connectivity index (χ3n) is 2.86. The largest absolute Gasteiger partial charge is 0.360 e. The first kappa shape index (κ1) is 14.8. The van der Waals surface area contributed by atoms with Gasteiger partial charge in [0.25, 0.3) is 0 Å². The molecule has 104 valence electrons. The molecule has 6 heteroatoms. The molecule has 0 radical (unpaired) electrons. The Hall–Kier alpha value is -1.64. The first-order valence-electron chi connectivity index (χ1n) is 6.09. The molecule has 0 aromatic carbocycles. The van der Waals surface area contributed by atoms with Gasteiger partial charge in [-0.25, -0.2) is 9.37 Å². The van der Waals surface area contributed by atoms with Crippen molar-refractivity contribution < 1.29 is 4.39 Å². The van der Waals surface area contributed by atoms with Crippen LogP contribution >= 0.6 is 22.9 Å². The maximum atomic E-state index is 14.0. The number of anilines is 1. The average molecular weight is 310 g/mol. The number of nitriles is 1. The molecule has 3 nitrogen and oxygen atoms in total. The molecule has 1 N–H and O–H groups in total. The van der Waals surface area contributed by atoms with Crippen LogP contribution in [0, 0.1) is 23.1 Å². The lowest BCUT2D eigenvalue weighted by molar-refractivity contribution is 0.543. The summed E-state index contributed by atoms with van der Waals surface area (Å²) in [6.07, 6.45) is 0. The molecule has 2 aromatic heterocycles. The van der Waals surface area contributed by atoms with Crippen LogP contribution in [0.3, 0.4) is 0 Å². The molecule has 0 saturated carbocycles. The lowest BCUT2D eigenvalue weighted by atomic mass is 10.0. The third kappa shape index (κ3) is 3.09. The van der Waals surface area contributed by atoms with Crippen LogP contribution in [0.25, 0.3) is 0 Å². The molecule has 0 unspecified atom stereocenters. The van der Waals surface area contributed by atoms with Gasteiger partial charge < -0.3 is 5.32 Å². The normalized spacial score (nSPS) is 12.2. The quantitative estimate of drug-likeness (QED) is 0.839. The summed E-state index contributed by atoms with van der Waals surface area (Å²) >= 11 is 7.45. The summed E-state index contributed by atoms with van der Waals surface area (Å²) in [7, 11) is 0. The van der Waals surface area contributed by atoms with E-state index in [1.165, 1.54) is 0 Å². The SMILES string of the molecule is CC(C)[C@H](Nc1nc(Cl)c(C#N)cc1F)c1cccs1. The maximum absolute atomic E-state index is 14.0. The Morgan fingerprint density at radius 3 is 2.80 bits per heavy atom. The van der Waals surface area contributed by atoms with E-state index >= 15 is 0 Å². The molecule has 0 aliphatic rings. The molecule has 0 aliphatic heterocycles. The number of halogens is 2. The van der Waals surface area contributed by atoms with E-state index in [0.29, 0.717) is 0 Å². The van der Waals surface area contributed by atoms with E-state index < -0.39 is 5.82 Å². The number of rotatable bonds is 4. The van der Waals surface area contributed by atoms with Crippen molar-refractivity contribution >= 4 is 28.8 Å². The van der Waals surface area contributed by atoms with Crippen LogP contribution in [-0.2, 0) is 0 Å². The van der Waals surface area contributed by atoms with Gasteiger partial charge in [0.05, 0.1) is 11.6 Å². The van der Waals surface area contributed by atoms with E-state index in [9.17, 15) is 4.39 Å². The highest BCUT2D eigenvalue weighted by molar-refractivity contribution is 7.10. The molecule has 2 aromatic rings. The van der Waals surface area contributed by atoms with Gasteiger partial charge in [-0.1, -0.05) is 31.5 Å². The molecule has 1 atom stereocenters. The number of thiophene rings is 1. The number of hydrogen-bond acceptors (Lipinski definition) is 4. The van der Waals surface area contributed by atoms with Crippen molar-refractivity contribution in [3.8, 4) is 6.07 Å². The van der Waals surface area contributed by atoms with E-state index in [-0.39, 0.29) is 28.5 Å². The summed E-state index contributed by atoms with van der Waals surface area (Å²) in [4.78, 5) is 5.04. The Bertz CT molecular complexity index is 635. The van der Waals surface area contributed by atoms with Crippen molar-refractivity contribution in [1.82, 2.24) is 4.98 Å². The minimum absolute atomic E-state index is 0.00471. The van der Waals surface area contributed by atoms with Crippen LogP contribution in [0.5, 0.6) is 0 Å². The van der Waals surface area contributed by atoms with E-state index in [2.05, 4.69) is 10.3 Å². The molecular formula is C14H13ClFN3S. The van der Waals surface area contributed by atoms with Crippen molar-refractivity contribution in [3.05, 3.63) is 45.0 Å². The molecule has 0 fully saturated rings. The van der Waals surface area contributed by atoms with E-state index in [0.717, 1.165) is 10.9 Å². The molecule has 0 saturated heterocycles. The first-order chi connectivity index (χ1) is 9.52. The van der Waals surface area contributed by atoms with Gasteiger partial charge in [0.1, 0.15) is 11.2 Å². The van der Waals surface area contributed by atoms with Gasteiger partial charge in [-0.3, -0.25) is 0 Å². The molecule has 0 amide bonds. The summed E-state index contributed by atoms with van der Waals surface area (Å²) in [5.41, 5.74) is 0.0342. The highest BCUT2D eigenvalue weighted by atomic mass is 35.5. The second kappa shape index (κ2) is 6.21. The molecule has 2 heterocycles. The fraction of sp³-hybridized carbons (Fsp3) is 0.286. The Balaban J connectivity index is 2.33. The summed E-state index contributed by atoms with van der Waals surface area (Å²) in [6.45, 7) is 4.08. The van der Waals surface area contributed by atoms with Crippen molar-refractivity contribution in [2.75, 3.05) is 5.32 Å². The van der Waals surface area contributed by atoms with Crippen LogP contribution < -0.4 is 5.32 Å². The Morgan fingerprint density at radius 1 is 1.50 bits per heavy atom. The standard InChI is InChI=1S/C14H13ClFN3S/c1-8(2)12(11-4-3-5-20-11)18-14-10(16)6-9(7-17)13(15)19-14/h3-6,8,12H,1-2H3,(H,18,19)/t12-/m0/s1. The number of nitrogens with one attached hydrogen (secondary N) is 1. The molecule has 2 rings (SSSR count). The van der Waals surface area contributed by atoms with Crippen molar-refractivity contribution in [3.63, 3.8) is 0 Å². The molecule has 0 bridgehead atoms. The van der Waals surface area contributed by atoms with Gasteiger partial charge in [-0.2, -0.15) is 5.26 Å². The Kier molecular flexibility index (Phi) is 4.58. The van der Waals surface area contributed by atoms with Gasteiger partial charge in [-0.15, -0.1) is 11.3 Å². The van der Waals surface area contributed by atoms with Crippen molar-refractivity contribution in [2.24, 2.45) is 5.92 Å².